The van der Waals surface area contributed by atoms with Gasteiger partial charge in [0.05, 0.1) is 35.7 Å². The van der Waals surface area contributed by atoms with E-state index in [9.17, 15) is 19.1 Å². The van der Waals surface area contributed by atoms with Crippen molar-refractivity contribution < 1.29 is 18.6 Å². The molecule has 0 saturated heterocycles. The predicted molar refractivity (Wildman–Crippen MR) is 121 cm³/mol. The molecular weight excluding hydrogens is 438 g/mol. The molecule has 1 aliphatic rings. The van der Waals surface area contributed by atoms with Crippen LogP contribution in [0.2, 0.25) is 0 Å². The molecule has 0 unspecified atom stereocenters. The first-order chi connectivity index (χ1) is 16.3. The summed E-state index contributed by atoms with van der Waals surface area (Å²) in [5.74, 6) is -1.35. The molecule has 6 nitrogen and oxygen atoms in total. The van der Waals surface area contributed by atoms with E-state index in [-0.39, 0.29) is 45.4 Å². The second-order valence-electron chi connectivity index (χ2n) is 8.42. The minimum absolute atomic E-state index is 0.0237. The lowest BCUT2D eigenvalue weighted by molar-refractivity contribution is -0.00878. The van der Waals surface area contributed by atoms with E-state index < -0.39 is 17.2 Å². The Morgan fingerprint density at radius 2 is 1.65 bits per heavy atom. The van der Waals surface area contributed by atoms with Crippen LogP contribution in [0.15, 0.2) is 42.5 Å². The summed E-state index contributed by atoms with van der Waals surface area (Å²) in [6.07, 6.45) is 1.91. The highest BCUT2D eigenvalue weighted by Crippen LogP contribution is 2.41. The van der Waals surface area contributed by atoms with Crippen LogP contribution in [-0.2, 0) is 5.60 Å². The van der Waals surface area contributed by atoms with E-state index in [1.807, 2.05) is 0 Å². The summed E-state index contributed by atoms with van der Waals surface area (Å²) >= 11 is 0. The van der Waals surface area contributed by atoms with Crippen molar-refractivity contribution in [3.8, 4) is 40.3 Å². The number of aliphatic hydroxyl groups is 1. The lowest BCUT2D eigenvalue weighted by Gasteiger charge is -2.35. The van der Waals surface area contributed by atoms with Gasteiger partial charge in [-0.25, -0.2) is 13.8 Å². The monoisotopic (exact) mass is 460 g/mol. The Morgan fingerprint density at radius 3 is 2.24 bits per heavy atom. The van der Waals surface area contributed by atoms with Crippen LogP contribution >= 0.6 is 0 Å². The van der Waals surface area contributed by atoms with Crippen LogP contribution in [0.3, 0.4) is 0 Å². The molecule has 4 rings (SSSR count). The van der Waals surface area contributed by atoms with E-state index in [1.165, 1.54) is 37.4 Å². The molecule has 0 aliphatic heterocycles. The molecule has 172 valence electrons. The van der Waals surface area contributed by atoms with Crippen molar-refractivity contribution in [1.82, 2.24) is 4.98 Å². The largest absolute Gasteiger partial charge is 0.494 e. The van der Waals surface area contributed by atoms with Gasteiger partial charge in [-0.1, -0.05) is 12.1 Å². The van der Waals surface area contributed by atoms with Gasteiger partial charge in [0.2, 0.25) is 0 Å². The summed E-state index contributed by atoms with van der Waals surface area (Å²) in [5.41, 5.74) is 6.09. The first-order valence-electron chi connectivity index (χ1n) is 10.8. The minimum atomic E-state index is -1.30. The summed E-state index contributed by atoms with van der Waals surface area (Å²) in [6, 6.07) is 13.6. The second kappa shape index (κ2) is 9.18. The number of halogens is 2. The number of nitriles is 2. The van der Waals surface area contributed by atoms with Crippen LogP contribution in [0.5, 0.6) is 5.75 Å². The van der Waals surface area contributed by atoms with Crippen LogP contribution in [-0.4, -0.2) is 23.2 Å². The van der Waals surface area contributed by atoms with E-state index in [2.05, 4.69) is 11.1 Å². The summed E-state index contributed by atoms with van der Waals surface area (Å²) < 4.78 is 34.1. The standard InChI is InChI=1S/C26H22F2N4O2/c1-34-22-5-4-15(10-21(22)28)24-18(14-30)12-23(26(33)8-6-19(31)7-9-26)32-25(24)16-2-3-17(13-29)20(27)11-16/h2-5,10-12,19,33H,6-9,31H2,1H3. The zero-order valence-corrected chi connectivity index (χ0v) is 18.5. The number of benzene rings is 2. The zero-order valence-electron chi connectivity index (χ0n) is 18.5. The predicted octanol–water partition coefficient (Wildman–Crippen LogP) is 4.53. The molecule has 1 aromatic heterocycles. The number of ether oxygens (including phenoxy) is 1. The van der Waals surface area contributed by atoms with Gasteiger partial charge in [0.1, 0.15) is 17.5 Å². The van der Waals surface area contributed by atoms with Gasteiger partial charge in [0.25, 0.3) is 0 Å². The van der Waals surface area contributed by atoms with Gasteiger partial charge in [-0.2, -0.15) is 10.5 Å². The third kappa shape index (κ3) is 4.22. The van der Waals surface area contributed by atoms with E-state index in [1.54, 1.807) is 12.1 Å². The molecule has 2 aromatic carbocycles. The van der Waals surface area contributed by atoms with Crippen molar-refractivity contribution >= 4 is 0 Å². The number of hydrogen-bond acceptors (Lipinski definition) is 6. The third-order valence-corrected chi connectivity index (χ3v) is 6.28. The number of hydrogen-bond donors (Lipinski definition) is 2. The van der Waals surface area contributed by atoms with Crippen LogP contribution < -0.4 is 10.5 Å². The van der Waals surface area contributed by atoms with Crippen molar-refractivity contribution in [2.45, 2.75) is 37.3 Å². The highest BCUT2D eigenvalue weighted by atomic mass is 19.1. The second-order valence-corrected chi connectivity index (χ2v) is 8.42. The topological polar surface area (TPSA) is 116 Å². The first kappa shape index (κ1) is 23.3. The van der Waals surface area contributed by atoms with Gasteiger partial charge in [0, 0.05) is 17.2 Å². The lowest BCUT2D eigenvalue weighted by Crippen LogP contribution is -2.37. The molecule has 0 spiro atoms. The maximum Gasteiger partial charge on any atom is 0.165 e. The SMILES string of the molecule is COc1ccc(-c2c(C#N)cc(C3(O)CCC(N)CC3)nc2-c2ccc(C#N)c(F)c2)cc1F. The molecule has 1 aliphatic carbocycles. The van der Waals surface area contributed by atoms with Crippen molar-refractivity contribution in [3.05, 3.63) is 70.9 Å². The average molecular weight is 460 g/mol. The van der Waals surface area contributed by atoms with E-state index in [0.29, 0.717) is 31.2 Å². The van der Waals surface area contributed by atoms with Gasteiger partial charge < -0.3 is 15.6 Å². The lowest BCUT2D eigenvalue weighted by atomic mass is 9.79. The Kier molecular flexibility index (Phi) is 6.30. The van der Waals surface area contributed by atoms with E-state index in [0.717, 1.165) is 6.07 Å². The van der Waals surface area contributed by atoms with Crippen molar-refractivity contribution in [3.63, 3.8) is 0 Å². The molecule has 0 atom stereocenters. The first-order valence-corrected chi connectivity index (χ1v) is 10.8. The molecule has 3 aromatic rings. The molecule has 1 heterocycles. The molecule has 3 N–H and O–H groups in total. The van der Waals surface area contributed by atoms with Gasteiger partial charge in [-0.3, -0.25) is 0 Å². The Hall–Kier alpha value is -3.85. The van der Waals surface area contributed by atoms with Crippen LogP contribution in [0, 0.1) is 34.3 Å². The maximum absolute atomic E-state index is 14.6. The highest BCUT2D eigenvalue weighted by molar-refractivity contribution is 5.85. The third-order valence-electron chi connectivity index (χ3n) is 6.28. The molecule has 0 bridgehead atoms. The fraction of sp³-hybridized carbons (Fsp3) is 0.269. The summed E-state index contributed by atoms with van der Waals surface area (Å²) in [4.78, 5) is 4.67. The van der Waals surface area contributed by atoms with Gasteiger partial charge >= 0.3 is 0 Å². The van der Waals surface area contributed by atoms with Gasteiger partial charge in [-0.05, 0) is 61.6 Å². The summed E-state index contributed by atoms with van der Waals surface area (Å²) in [6.45, 7) is 0. The average Bonchev–Trinajstić information content (AvgIpc) is 2.85. The molecule has 0 radical (unpaired) electrons. The zero-order chi connectivity index (χ0) is 24.5. The Balaban J connectivity index is 1.98. The smallest absolute Gasteiger partial charge is 0.165 e. The van der Waals surface area contributed by atoms with Crippen molar-refractivity contribution in [1.29, 1.82) is 10.5 Å². The van der Waals surface area contributed by atoms with Gasteiger partial charge in [-0.15, -0.1) is 0 Å². The van der Waals surface area contributed by atoms with Crippen molar-refractivity contribution in [2.75, 3.05) is 7.11 Å². The normalized spacial score (nSPS) is 19.8. The van der Waals surface area contributed by atoms with Crippen molar-refractivity contribution in [2.24, 2.45) is 5.73 Å². The molecule has 1 fully saturated rings. The fourth-order valence-corrected chi connectivity index (χ4v) is 4.32. The molecule has 34 heavy (non-hydrogen) atoms. The van der Waals surface area contributed by atoms with Crippen LogP contribution in [0.25, 0.3) is 22.4 Å². The molecule has 0 amide bonds. The Labute approximate surface area is 195 Å². The summed E-state index contributed by atoms with van der Waals surface area (Å²) in [5, 5.41) is 30.4. The molecule has 8 heteroatoms. The van der Waals surface area contributed by atoms with Crippen LogP contribution in [0.4, 0.5) is 8.78 Å². The highest BCUT2D eigenvalue weighted by Gasteiger charge is 2.36. The number of nitrogens with two attached hydrogens (primary N) is 1. The van der Waals surface area contributed by atoms with E-state index >= 15 is 0 Å². The minimum Gasteiger partial charge on any atom is -0.494 e. The number of aromatic nitrogens is 1. The number of methoxy groups -OCH3 is 1. The maximum atomic E-state index is 14.6. The Morgan fingerprint density at radius 1 is 1.00 bits per heavy atom. The number of rotatable bonds is 4. The quantitative estimate of drug-likeness (QED) is 0.591. The number of pyridine rings is 1. The van der Waals surface area contributed by atoms with Gasteiger partial charge in [0.15, 0.2) is 11.6 Å². The number of nitrogens with zero attached hydrogens (tertiary/aromatic N) is 3. The molecular formula is C26H22F2N4O2. The Bertz CT molecular complexity index is 1340. The summed E-state index contributed by atoms with van der Waals surface area (Å²) in [7, 11) is 1.34. The molecule has 1 saturated carbocycles. The van der Waals surface area contributed by atoms with Crippen LogP contribution in [0.1, 0.15) is 42.5 Å². The van der Waals surface area contributed by atoms with E-state index in [4.69, 9.17) is 15.7 Å². The fourth-order valence-electron chi connectivity index (χ4n) is 4.32.